The zero-order valence-electron chi connectivity index (χ0n) is 14.6. The van der Waals surface area contributed by atoms with Crippen LogP contribution in [-0.2, 0) is 6.54 Å². The monoisotopic (exact) mass is 366 g/mol. The average Bonchev–Trinajstić information content (AvgIpc) is 3.19. The molecule has 2 aromatic carbocycles. The van der Waals surface area contributed by atoms with Crippen LogP contribution in [0.1, 0.15) is 22.7 Å². The van der Waals surface area contributed by atoms with Crippen LogP contribution < -0.4 is 10.6 Å². The van der Waals surface area contributed by atoms with E-state index >= 15 is 0 Å². The van der Waals surface area contributed by atoms with Gasteiger partial charge in [-0.05, 0) is 46.0 Å². The molecule has 0 bridgehead atoms. The number of nitrogens with one attached hydrogen (secondary N) is 2. The first-order valence-electron chi connectivity index (χ1n) is 8.49. The maximum absolute atomic E-state index is 12.1. The molecule has 0 aliphatic rings. The zero-order chi connectivity index (χ0) is 18.4. The van der Waals surface area contributed by atoms with Gasteiger partial charge in [0.15, 0.2) is 0 Å². The lowest BCUT2D eigenvalue weighted by Crippen LogP contribution is -2.38. The van der Waals surface area contributed by atoms with Crippen LogP contribution in [0.5, 0.6) is 0 Å². The summed E-state index contributed by atoms with van der Waals surface area (Å²) in [5.74, 6) is 0. The summed E-state index contributed by atoms with van der Waals surface area (Å²) in [5.41, 5.74) is 5.50. The van der Waals surface area contributed by atoms with Gasteiger partial charge in [-0.25, -0.2) is 4.79 Å². The quantitative estimate of drug-likeness (QED) is 0.610. The van der Waals surface area contributed by atoms with Gasteiger partial charge in [0.1, 0.15) is 0 Å². The molecule has 1 aromatic heterocycles. The van der Waals surface area contributed by atoms with Gasteiger partial charge >= 0.3 is 6.03 Å². The molecule has 2 amide bonds. The normalized spacial score (nSPS) is 11.8. The third-order valence-electron chi connectivity index (χ3n) is 4.19. The fraction of sp³-hybridized carbons (Fsp3) is 0.190. The van der Waals surface area contributed by atoms with Crippen molar-refractivity contribution in [3.63, 3.8) is 0 Å². The Morgan fingerprint density at radius 1 is 1.12 bits per heavy atom. The van der Waals surface area contributed by atoms with Crippen LogP contribution in [-0.4, -0.2) is 17.7 Å². The molecule has 0 saturated carbocycles. The van der Waals surface area contributed by atoms with Crippen molar-refractivity contribution in [1.82, 2.24) is 10.6 Å². The predicted molar refractivity (Wildman–Crippen MR) is 106 cm³/mol. The van der Waals surface area contributed by atoms with E-state index in [-0.39, 0.29) is 18.7 Å². The number of carbonyl (C=O) groups excluding carboxylic acids is 1. The minimum absolute atomic E-state index is 0.130. The van der Waals surface area contributed by atoms with Gasteiger partial charge in [-0.3, -0.25) is 0 Å². The van der Waals surface area contributed by atoms with Crippen LogP contribution in [0, 0.1) is 6.92 Å². The SMILES string of the molecule is Cc1cccc(-c2ccc(CNC(=O)NC(CO)c3ccsc3)cc2)c1. The highest BCUT2D eigenvalue weighted by Crippen LogP contribution is 2.21. The molecule has 0 radical (unpaired) electrons. The molecule has 1 atom stereocenters. The molecule has 0 spiro atoms. The molecular formula is C21H22N2O2S. The summed E-state index contributed by atoms with van der Waals surface area (Å²) < 4.78 is 0. The van der Waals surface area contributed by atoms with E-state index < -0.39 is 0 Å². The van der Waals surface area contributed by atoms with Crippen molar-refractivity contribution in [3.8, 4) is 11.1 Å². The van der Waals surface area contributed by atoms with E-state index in [2.05, 4.69) is 54.0 Å². The average molecular weight is 366 g/mol. The van der Waals surface area contributed by atoms with E-state index in [4.69, 9.17) is 0 Å². The Labute approximate surface area is 157 Å². The van der Waals surface area contributed by atoms with E-state index in [1.165, 1.54) is 22.5 Å². The van der Waals surface area contributed by atoms with Gasteiger partial charge in [-0.15, -0.1) is 0 Å². The zero-order valence-corrected chi connectivity index (χ0v) is 15.4. The standard InChI is InChI=1S/C21H22N2O2S/c1-15-3-2-4-18(11-15)17-7-5-16(6-8-17)12-22-21(25)23-20(13-24)19-9-10-26-14-19/h2-11,14,20,24H,12-13H2,1H3,(H2,22,23,25). The van der Waals surface area contributed by atoms with Crippen LogP contribution in [0.2, 0.25) is 0 Å². The van der Waals surface area contributed by atoms with Gasteiger partial charge in [0.25, 0.3) is 0 Å². The molecule has 3 rings (SSSR count). The minimum atomic E-state index is -0.384. The number of amides is 2. The fourth-order valence-corrected chi connectivity index (χ4v) is 3.45. The molecule has 134 valence electrons. The van der Waals surface area contributed by atoms with Gasteiger partial charge < -0.3 is 15.7 Å². The van der Waals surface area contributed by atoms with E-state index in [1.807, 2.05) is 29.0 Å². The summed E-state index contributed by atoms with van der Waals surface area (Å²) in [5, 5.41) is 18.9. The highest BCUT2D eigenvalue weighted by molar-refractivity contribution is 7.08. The molecule has 3 N–H and O–H groups in total. The number of aliphatic hydroxyl groups is 1. The minimum Gasteiger partial charge on any atom is -0.394 e. The van der Waals surface area contributed by atoms with Crippen LogP contribution >= 0.6 is 11.3 Å². The molecule has 3 aromatic rings. The van der Waals surface area contributed by atoms with E-state index in [9.17, 15) is 9.90 Å². The Balaban J connectivity index is 1.55. The molecular weight excluding hydrogens is 344 g/mol. The van der Waals surface area contributed by atoms with Crippen molar-refractivity contribution < 1.29 is 9.90 Å². The molecule has 4 nitrogen and oxygen atoms in total. The number of thiophene rings is 1. The third kappa shape index (κ3) is 4.71. The summed E-state index contributed by atoms with van der Waals surface area (Å²) in [6, 6.07) is 17.7. The molecule has 1 unspecified atom stereocenters. The first kappa shape index (κ1) is 18.2. The number of aliphatic hydroxyl groups excluding tert-OH is 1. The third-order valence-corrected chi connectivity index (χ3v) is 4.89. The second-order valence-electron chi connectivity index (χ2n) is 6.19. The molecule has 26 heavy (non-hydrogen) atoms. The lowest BCUT2D eigenvalue weighted by molar-refractivity contribution is 0.217. The van der Waals surface area contributed by atoms with Gasteiger partial charge in [-0.2, -0.15) is 11.3 Å². The van der Waals surface area contributed by atoms with E-state index in [0.717, 1.165) is 16.7 Å². The number of hydrogen-bond acceptors (Lipinski definition) is 3. The Kier molecular flexibility index (Phi) is 6.04. The Hall–Kier alpha value is -2.63. The predicted octanol–water partition coefficient (Wildman–Crippen LogP) is 4.26. The number of rotatable bonds is 6. The van der Waals surface area contributed by atoms with Gasteiger partial charge in [0.2, 0.25) is 0 Å². The highest BCUT2D eigenvalue weighted by Gasteiger charge is 2.13. The van der Waals surface area contributed by atoms with E-state index in [0.29, 0.717) is 6.54 Å². The van der Waals surface area contributed by atoms with Gasteiger partial charge in [0, 0.05) is 6.54 Å². The summed E-state index contributed by atoms with van der Waals surface area (Å²) >= 11 is 1.54. The van der Waals surface area contributed by atoms with Gasteiger partial charge in [-0.1, -0.05) is 54.1 Å². The summed E-state index contributed by atoms with van der Waals surface area (Å²) in [7, 11) is 0. The van der Waals surface area contributed by atoms with Gasteiger partial charge in [0.05, 0.1) is 12.6 Å². The van der Waals surface area contributed by atoms with Crippen molar-refractivity contribution in [3.05, 3.63) is 82.0 Å². The smallest absolute Gasteiger partial charge is 0.315 e. The molecule has 5 heteroatoms. The van der Waals surface area contributed by atoms with Crippen molar-refractivity contribution in [2.45, 2.75) is 19.5 Å². The van der Waals surface area contributed by atoms with Crippen molar-refractivity contribution in [2.24, 2.45) is 0 Å². The second-order valence-corrected chi connectivity index (χ2v) is 6.97. The van der Waals surface area contributed by atoms with Crippen LogP contribution in [0.25, 0.3) is 11.1 Å². The molecule has 0 aliphatic heterocycles. The number of benzene rings is 2. The maximum Gasteiger partial charge on any atom is 0.315 e. The van der Waals surface area contributed by atoms with Crippen LogP contribution in [0.15, 0.2) is 65.4 Å². The number of hydrogen-bond donors (Lipinski definition) is 3. The maximum atomic E-state index is 12.1. The largest absolute Gasteiger partial charge is 0.394 e. The topological polar surface area (TPSA) is 61.4 Å². The summed E-state index contributed by atoms with van der Waals surface area (Å²) in [6.45, 7) is 2.38. The van der Waals surface area contributed by atoms with Crippen molar-refractivity contribution in [1.29, 1.82) is 0 Å². The number of aryl methyl sites for hydroxylation is 1. The number of urea groups is 1. The number of carbonyl (C=O) groups is 1. The Bertz CT molecular complexity index is 845. The highest BCUT2D eigenvalue weighted by atomic mass is 32.1. The molecule has 0 aliphatic carbocycles. The van der Waals surface area contributed by atoms with Crippen molar-refractivity contribution >= 4 is 17.4 Å². The molecule has 1 heterocycles. The molecule has 0 saturated heterocycles. The lowest BCUT2D eigenvalue weighted by atomic mass is 10.0. The second kappa shape index (κ2) is 8.65. The Morgan fingerprint density at radius 3 is 2.58 bits per heavy atom. The van der Waals surface area contributed by atoms with Crippen LogP contribution in [0.3, 0.4) is 0 Å². The first-order chi connectivity index (χ1) is 12.7. The lowest BCUT2D eigenvalue weighted by Gasteiger charge is -2.16. The summed E-state index contributed by atoms with van der Waals surface area (Å²) in [4.78, 5) is 12.1. The van der Waals surface area contributed by atoms with E-state index in [1.54, 1.807) is 0 Å². The summed E-state index contributed by atoms with van der Waals surface area (Å²) in [6.07, 6.45) is 0. The fourth-order valence-electron chi connectivity index (χ4n) is 2.74. The van der Waals surface area contributed by atoms with Crippen molar-refractivity contribution in [2.75, 3.05) is 6.61 Å². The first-order valence-corrected chi connectivity index (χ1v) is 9.43. The Morgan fingerprint density at radius 2 is 1.92 bits per heavy atom. The molecule has 0 fully saturated rings. The van der Waals surface area contributed by atoms with Crippen LogP contribution in [0.4, 0.5) is 4.79 Å².